The maximum absolute atomic E-state index is 13.8. The van der Waals surface area contributed by atoms with Gasteiger partial charge in [-0.25, -0.2) is 4.39 Å². The van der Waals surface area contributed by atoms with Crippen LogP contribution >= 0.6 is 0 Å². The van der Waals surface area contributed by atoms with Gasteiger partial charge in [-0.2, -0.15) is 0 Å². The first kappa shape index (κ1) is 23.9. The summed E-state index contributed by atoms with van der Waals surface area (Å²) in [6, 6.07) is 23.0. The molecule has 5 rings (SSSR count). The van der Waals surface area contributed by atoms with E-state index in [1.807, 2.05) is 60.7 Å². The topological polar surface area (TPSA) is 40.5 Å². The van der Waals surface area contributed by atoms with Gasteiger partial charge in [0, 0.05) is 34.6 Å². The zero-order chi connectivity index (χ0) is 25.1. The van der Waals surface area contributed by atoms with E-state index in [0.717, 1.165) is 51.9 Å². The van der Waals surface area contributed by atoms with Crippen molar-refractivity contribution in [3.63, 3.8) is 0 Å². The first-order chi connectivity index (χ1) is 17.5. The van der Waals surface area contributed by atoms with Crippen LogP contribution in [0.3, 0.4) is 0 Å². The second kappa shape index (κ2) is 10.4. The highest BCUT2D eigenvalue weighted by atomic mass is 19.1. The highest BCUT2D eigenvalue weighted by molar-refractivity contribution is 6.01. The summed E-state index contributed by atoms with van der Waals surface area (Å²) in [5.74, 6) is 0.344. The second-order valence-electron chi connectivity index (χ2n) is 9.46. The van der Waals surface area contributed by atoms with Gasteiger partial charge in [0.2, 0.25) is 0 Å². The number of fused-ring (bicyclic) bond motifs is 1. The summed E-state index contributed by atoms with van der Waals surface area (Å²) in [7, 11) is 0. The standard InChI is InChI=1S/C31H30FNO3/c1-21(2)33-28-17-16-26(35-20-22-7-4-3-5-8-22)19-27(28)31(23-11-13-24(32)14-12-23)29(33)18-15-25-9-6-10-30(34)36-25/h3-5,7-8,11-19,21,25H,6,9-10,20H2,1-2H3/b18-15+. The van der Waals surface area contributed by atoms with E-state index in [2.05, 4.69) is 30.5 Å². The summed E-state index contributed by atoms with van der Waals surface area (Å²) in [6.07, 6.45) is 5.90. The molecule has 0 amide bonds. The molecule has 0 N–H and O–H groups in total. The molecule has 3 aromatic carbocycles. The normalized spacial score (nSPS) is 16.1. The molecule has 1 unspecified atom stereocenters. The van der Waals surface area contributed by atoms with E-state index in [-0.39, 0.29) is 23.9 Å². The molecule has 36 heavy (non-hydrogen) atoms. The number of carbonyl (C=O) groups is 1. The fourth-order valence-electron chi connectivity index (χ4n) is 4.85. The van der Waals surface area contributed by atoms with Crippen LogP contribution in [0.1, 0.15) is 50.4 Å². The molecule has 4 nitrogen and oxygen atoms in total. The molecule has 184 valence electrons. The van der Waals surface area contributed by atoms with Crippen molar-refractivity contribution < 1.29 is 18.7 Å². The molecule has 0 aliphatic carbocycles. The van der Waals surface area contributed by atoms with Crippen molar-refractivity contribution in [1.29, 1.82) is 0 Å². The Morgan fingerprint density at radius 3 is 2.58 bits per heavy atom. The number of benzene rings is 3. The third-order valence-electron chi connectivity index (χ3n) is 6.53. The average Bonchev–Trinajstić information content (AvgIpc) is 3.21. The first-order valence-electron chi connectivity index (χ1n) is 12.5. The van der Waals surface area contributed by atoms with Gasteiger partial charge in [0.05, 0.1) is 0 Å². The maximum Gasteiger partial charge on any atom is 0.306 e. The Labute approximate surface area is 211 Å². The van der Waals surface area contributed by atoms with E-state index in [9.17, 15) is 9.18 Å². The number of hydrogen-bond acceptors (Lipinski definition) is 3. The number of hydrogen-bond donors (Lipinski definition) is 0. The SMILES string of the molecule is CC(C)n1c(/C=C/C2CCCC(=O)O2)c(-c2ccc(F)cc2)c2cc(OCc3ccccc3)ccc21. The molecule has 0 spiro atoms. The van der Waals surface area contributed by atoms with Crippen LogP contribution < -0.4 is 4.74 Å². The number of carbonyl (C=O) groups excluding carboxylic acids is 1. The summed E-state index contributed by atoms with van der Waals surface area (Å²) in [6.45, 7) is 4.76. The first-order valence-corrected chi connectivity index (χ1v) is 12.5. The Morgan fingerprint density at radius 2 is 1.86 bits per heavy atom. The summed E-state index contributed by atoms with van der Waals surface area (Å²) in [4.78, 5) is 11.8. The van der Waals surface area contributed by atoms with Gasteiger partial charge in [-0.1, -0.05) is 42.5 Å². The molecule has 0 radical (unpaired) electrons. The predicted octanol–water partition coefficient (Wildman–Crippen LogP) is 7.72. The van der Waals surface area contributed by atoms with E-state index in [1.165, 1.54) is 12.1 Å². The zero-order valence-corrected chi connectivity index (χ0v) is 20.6. The molecule has 5 heteroatoms. The van der Waals surface area contributed by atoms with Crippen molar-refractivity contribution in [2.75, 3.05) is 0 Å². The largest absolute Gasteiger partial charge is 0.489 e. The number of cyclic esters (lactones) is 1. The quantitative estimate of drug-likeness (QED) is 0.253. The van der Waals surface area contributed by atoms with Crippen LogP contribution in [0.15, 0.2) is 78.9 Å². The van der Waals surface area contributed by atoms with Gasteiger partial charge < -0.3 is 14.0 Å². The van der Waals surface area contributed by atoms with E-state index in [1.54, 1.807) is 0 Å². The minimum Gasteiger partial charge on any atom is -0.489 e. The number of rotatable bonds is 7. The number of nitrogens with zero attached hydrogens (tertiary/aromatic N) is 1. The van der Waals surface area contributed by atoms with Gasteiger partial charge in [0.1, 0.15) is 24.3 Å². The number of halogens is 1. The van der Waals surface area contributed by atoms with Gasteiger partial charge in [0.25, 0.3) is 0 Å². The number of aromatic nitrogens is 1. The van der Waals surface area contributed by atoms with Crippen LogP contribution in [0.5, 0.6) is 5.75 Å². The van der Waals surface area contributed by atoms with E-state index >= 15 is 0 Å². The molecule has 1 aromatic heterocycles. The molecule has 1 fully saturated rings. The molecule has 4 aromatic rings. The van der Waals surface area contributed by atoms with Crippen molar-refractivity contribution >= 4 is 22.9 Å². The molecule has 1 atom stereocenters. The predicted molar refractivity (Wildman–Crippen MR) is 141 cm³/mol. The number of esters is 1. The summed E-state index contributed by atoms with van der Waals surface area (Å²) < 4.78 is 27.8. The van der Waals surface area contributed by atoms with Crippen molar-refractivity contribution in [2.45, 2.75) is 51.9 Å². The summed E-state index contributed by atoms with van der Waals surface area (Å²) >= 11 is 0. The second-order valence-corrected chi connectivity index (χ2v) is 9.46. The maximum atomic E-state index is 13.8. The van der Waals surface area contributed by atoms with E-state index in [0.29, 0.717) is 13.0 Å². The van der Waals surface area contributed by atoms with Crippen molar-refractivity contribution in [1.82, 2.24) is 4.57 Å². The molecule has 1 saturated heterocycles. The molecule has 2 heterocycles. The molecule has 0 bridgehead atoms. The molecular formula is C31H30FNO3. The average molecular weight is 484 g/mol. The minimum atomic E-state index is -0.274. The van der Waals surface area contributed by atoms with Crippen molar-refractivity contribution in [2.24, 2.45) is 0 Å². The highest BCUT2D eigenvalue weighted by Crippen LogP contribution is 2.40. The fraction of sp³-hybridized carbons (Fsp3) is 0.258. The number of ether oxygens (including phenoxy) is 2. The lowest BCUT2D eigenvalue weighted by atomic mass is 10.0. The Bertz CT molecular complexity index is 1390. The third-order valence-corrected chi connectivity index (χ3v) is 6.53. The van der Waals surface area contributed by atoms with Crippen LogP contribution in [0, 0.1) is 5.82 Å². The van der Waals surface area contributed by atoms with Crippen LogP contribution in [0.4, 0.5) is 4.39 Å². The zero-order valence-electron chi connectivity index (χ0n) is 20.6. The molecule has 0 saturated carbocycles. The Kier molecular flexibility index (Phi) is 6.90. The lowest BCUT2D eigenvalue weighted by Crippen LogP contribution is -2.21. The van der Waals surface area contributed by atoms with E-state index < -0.39 is 0 Å². The Hall–Kier alpha value is -3.86. The Balaban J connectivity index is 1.61. The van der Waals surface area contributed by atoms with Gasteiger partial charge in [0.15, 0.2) is 0 Å². The van der Waals surface area contributed by atoms with Crippen LogP contribution in [0.25, 0.3) is 28.1 Å². The fourth-order valence-corrected chi connectivity index (χ4v) is 4.85. The highest BCUT2D eigenvalue weighted by Gasteiger charge is 2.22. The lowest BCUT2D eigenvalue weighted by molar-refractivity contribution is -0.150. The summed E-state index contributed by atoms with van der Waals surface area (Å²) in [5.41, 5.74) is 5.08. The van der Waals surface area contributed by atoms with E-state index in [4.69, 9.17) is 9.47 Å². The van der Waals surface area contributed by atoms with Crippen molar-refractivity contribution in [3.8, 4) is 16.9 Å². The van der Waals surface area contributed by atoms with Gasteiger partial charge in [-0.3, -0.25) is 4.79 Å². The molecule has 1 aliphatic heterocycles. The minimum absolute atomic E-state index is 0.153. The Morgan fingerprint density at radius 1 is 1.08 bits per heavy atom. The van der Waals surface area contributed by atoms with Crippen molar-refractivity contribution in [3.05, 3.63) is 95.9 Å². The lowest BCUT2D eigenvalue weighted by Gasteiger charge is -2.19. The van der Waals surface area contributed by atoms with Crippen LogP contribution in [0.2, 0.25) is 0 Å². The molecular weight excluding hydrogens is 453 g/mol. The smallest absolute Gasteiger partial charge is 0.306 e. The molecule has 1 aliphatic rings. The van der Waals surface area contributed by atoms with Crippen LogP contribution in [-0.4, -0.2) is 16.6 Å². The van der Waals surface area contributed by atoms with Gasteiger partial charge in [-0.15, -0.1) is 0 Å². The monoisotopic (exact) mass is 483 g/mol. The van der Waals surface area contributed by atoms with Gasteiger partial charge in [-0.05, 0) is 80.3 Å². The summed E-state index contributed by atoms with van der Waals surface area (Å²) in [5, 5.41) is 1.03. The van der Waals surface area contributed by atoms with Crippen LogP contribution in [-0.2, 0) is 16.1 Å². The van der Waals surface area contributed by atoms with Gasteiger partial charge >= 0.3 is 5.97 Å². The third kappa shape index (κ3) is 5.06.